The van der Waals surface area contributed by atoms with Crippen LogP contribution in [0.3, 0.4) is 0 Å². The fourth-order valence-electron chi connectivity index (χ4n) is 3.54. The van der Waals surface area contributed by atoms with Crippen molar-refractivity contribution in [1.29, 1.82) is 0 Å². The second-order valence-electron chi connectivity index (χ2n) is 5.74. The Bertz CT molecular complexity index is 433. The monoisotopic (exact) mass is 277 g/mol. The van der Waals surface area contributed by atoms with Crippen molar-refractivity contribution in [1.82, 2.24) is 4.90 Å². The van der Waals surface area contributed by atoms with Crippen LogP contribution in [0.5, 0.6) is 0 Å². The highest BCUT2D eigenvalue weighted by Gasteiger charge is 2.42. The number of aryl methyl sites for hydroxylation is 1. The molecular formula is C16H20ClNO. The number of hydrogen-bond acceptors (Lipinski definition) is 1. The third-order valence-electron chi connectivity index (χ3n) is 4.43. The molecule has 0 spiro atoms. The van der Waals surface area contributed by atoms with Crippen molar-refractivity contribution >= 4 is 17.5 Å². The minimum Gasteiger partial charge on any atom is -0.337 e. The average Bonchev–Trinajstić information content (AvgIpc) is 2.70. The van der Waals surface area contributed by atoms with Gasteiger partial charge in [-0.05, 0) is 37.7 Å². The van der Waals surface area contributed by atoms with Crippen LogP contribution in [0.1, 0.15) is 37.7 Å². The first-order valence-corrected chi connectivity index (χ1v) is 7.67. The number of piperidine rings is 1. The summed E-state index contributed by atoms with van der Waals surface area (Å²) in [5.41, 5.74) is 1.25. The van der Waals surface area contributed by atoms with Gasteiger partial charge in [-0.2, -0.15) is 0 Å². The first-order chi connectivity index (χ1) is 9.24. The maximum Gasteiger partial charge on any atom is 0.223 e. The van der Waals surface area contributed by atoms with Crippen LogP contribution in [-0.4, -0.2) is 28.3 Å². The molecule has 2 fully saturated rings. The summed E-state index contributed by atoms with van der Waals surface area (Å²) in [4.78, 5) is 14.6. The van der Waals surface area contributed by atoms with Gasteiger partial charge < -0.3 is 4.90 Å². The SMILES string of the molecule is O=C(CCc1ccccc1)N1C2CCC1CC(Cl)C2. The second kappa shape index (κ2) is 5.54. The molecule has 2 saturated heterocycles. The van der Waals surface area contributed by atoms with Crippen molar-refractivity contribution in [3.8, 4) is 0 Å². The van der Waals surface area contributed by atoms with E-state index in [1.54, 1.807) is 0 Å². The highest BCUT2D eigenvalue weighted by molar-refractivity contribution is 6.20. The van der Waals surface area contributed by atoms with Gasteiger partial charge in [0.25, 0.3) is 0 Å². The maximum absolute atomic E-state index is 12.4. The molecule has 2 unspecified atom stereocenters. The Morgan fingerprint density at radius 3 is 2.42 bits per heavy atom. The fourth-order valence-corrected chi connectivity index (χ4v) is 3.95. The molecule has 19 heavy (non-hydrogen) atoms. The van der Waals surface area contributed by atoms with E-state index in [2.05, 4.69) is 17.0 Å². The van der Waals surface area contributed by atoms with Crippen LogP contribution >= 0.6 is 11.6 Å². The topological polar surface area (TPSA) is 20.3 Å². The molecule has 2 bridgehead atoms. The molecule has 0 aliphatic carbocycles. The van der Waals surface area contributed by atoms with E-state index in [-0.39, 0.29) is 5.38 Å². The van der Waals surface area contributed by atoms with Crippen molar-refractivity contribution in [3.05, 3.63) is 35.9 Å². The number of rotatable bonds is 3. The van der Waals surface area contributed by atoms with E-state index < -0.39 is 0 Å². The minimum atomic E-state index is 0.274. The number of carbonyl (C=O) groups is 1. The zero-order valence-corrected chi connectivity index (χ0v) is 11.9. The Balaban J connectivity index is 1.59. The van der Waals surface area contributed by atoms with Crippen molar-refractivity contribution in [2.24, 2.45) is 0 Å². The van der Waals surface area contributed by atoms with Gasteiger partial charge in [0.15, 0.2) is 0 Å². The van der Waals surface area contributed by atoms with E-state index in [1.165, 1.54) is 5.56 Å². The third-order valence-corrected chi connectivity index (χ3v) is 4.79. The number of carbonyl (C=O) groups excluding carboxylic acids is 1. The van der Waals surface area contributed by atoms with Gasteiger partial charge >= 0.3 is 0 Å². The lowest BCUT2D eigenvalue weighted by Gasteiger charge is -2.37. The lowest BCUT2D eigenvalue weighted by atomic mass is 10.0. The smallest absolute Gasteiger partial charge is 0.223 e. The summed E-state index contributed by atoms with van der Waals surface area (Å²) in [5, 5.41) is 0.274. The summed E-state index contributed by atoms with van der Waals surface area (Å²) in [6.45, 7) is 0. The van der Waals surface area contributed by atoms with Gasteiger partial charge in [-0.1, -0.05) is 30.3 Å². The van der Waals surface area contributed by atoms with E-state index in [9.17, 15) is 4.79 Å². The number of fused-ring (bicyclic) bond motifs is 2. The highest BCUT2D eigenvalue weighted by Crippen LogP contribution is 2.38. The Morgan fingerprint density at radius 1 is 1.16 bits per heavy atom. The van der Waals surface area contributed by atoms with Crippen LogP contribution in [0.25, 0.3) is 0 Å². The molecule has 0 saturated carbocycles. The predicted octanol–water partition coefficient (Wildman–Crippen LogP) is 3.38. The minimum absolute atomic E-state index is 0.274. The van der Waals surface area contributed by atoms with Crippen molar-refractivity contribution in [3.63, 3.8) is 0 Å². The Hall–Kier alpha value is -1.02. The van der Waals surface area contributed by atoms with E-state index >= 15 is 0 Å². The van der Waals surface area contributed by atoms with Crippen LogP contribution in [0.15, 0.2) is 30.3 Å². The molecule has 2 heterocycles. The summed E-state index contributed by atoms with van der Waals surface area (Å²) in [5.74, 6) is 0.319. The van der Waals surface area contributed by atoms with Gasteiger partial charge in [-0.3, -0.25) is 4.79 Å². The molecule has 0 radical (unpaired) electrons. The van der Waals surface area contributed by atoms with Crippen LogP contribution in [0.2, 0.25) is 0 Å². The second-order valence-corrected chi connectivity index (χ2v) is 6.36. The van der Waals surface area contributed by atoms with Gasteiger partial charge in [-0.25, -0.2) is 0 Å². The molecule has 1 aromatic rings. The Labute approximate surface area is 119 Å². The summed E-state index contributed by atoms with van der Waals surface area (Å²) in [6, 6.07) is 11.1. The summed E-state index contributed by atoms with van der Waals surface area (Å²) in [7, 11) is 0. The quantitative estimate of drug-likeness (QED) is 0.776. The molecule has 1 aromatic carbocycles. The predicted molar refractivity (Wildman–Crippen MR) is 77.3 cm³/mol. The molecule has 0 aromatic heterocycles. The number of nitrogens with zero attached hydrogens (tertiary/aromatic N) is 1. The van der Waals surface area contributed by atoms with Gasteiger partial charge in [0.2, 0.25) is 5.91 Å². The molecular weight excluding hydrogens is 258 g/mol. The molecule has 0 N–H and O–H groups in total. The molecule has 2 atom stereocenters. The van der Waals surface area contributed by atoms with Crippen LogP contribution in [-0.2, 0) is 11.2 Å². The van der Waals surface area contributed by atoms with Gasteiger partial charge in [0.1, 0.15) is 0 Å². The number of halogens is 1. The molecule has 1 amide bonds. The van der Waals surface area contributed by atoms with Crippen LogP contribution in [0.4, 0.5) is 0 Å². The molecule has 102 valence electrons. The Kier molecular flexibility index (Phi) is 3.79. The van der Waals surface area contributed by atoms with Crippen LogP contribution < -0.4 is 0 Å². The summed E-state index contributed by atoms with van der Waals surface area (Å²) < 4.78 is 0. The maximum atomic E-state index is 12.4. The van der Waals surface area contributed by atoms with E-state index in [0.29, 0.717) is 24.4 Å². The largest absolute Gasteiger partial charge is 0.337 e. The number of amides is 1. The lowest BCUT2D eigenvalue weighted by Crippen LogP contribution is -2.47. The van der Waals surface area contributed by atoms with E-state index in [1.807, 2.05) is 18.2 Å². The first kappa shape index (κ1) is 13.0. The van der Waals surface area contributed by atoms with Gasteiger partial charge in [0, 0.05) is 23.9 Å². The zero-order chi connectivity index (χ0) is 13.2. The van der Waals surface area contributed by atoms with Gasteiger partial charge in [-0.15, -0.1) is 11.6 Å². The van der Waals surface area contributed by atoms with Crippen molar-refractivity contribution in [2.75, 3.05) is 0 Å². The summed E-state index contributed by atoms with van der Waals surface area (Å²) >= 11 is 6.25. The molecule has 2 aliphatic heterocycles. The van der Waals surface area contributed by atoms with E-state index in [4.69, 9.17) is 11.6 Å². The molecule has 3 heteroatoms. The first-order valence-electron chi connectivity index (χ1n) is 7.23. The average molecular weight is 278 g/mol. The van der Waals surface area contributed by atoms with Crippen molar-refractivity contribution in [2.45, 2.75) is 56.0 Å². The Morgan fingerprint density at radius 2 is 1.79 bits per heavy atom. The third kappa shape index (κ3) is 2.79. The van der Waals surface area contributed by atoms with Gasteiger partial charge in [0.05, 0.1) is 0 Å². The van der Waals surface area contributed by atoms with Crippen LogP contribution in [0, 0.1) is 0 Å². The number of benzene rings is 1. The number of hydrogen-bond donors (Lipinski definition) is 0. The summed E-state index contributed by atoms with van der Waals surface area (Å²) in [6.07, 6.45) is 5.73. The molecule has 2 aliphatic rings. The molecule has 2 nitrogen and oxygen atoms in total. The normalized spacial score (nSPS) is 29.5. The van der Waals surface area contributed by atoms with Crippen molar-refractivity contribution < 1.29 is 4.79 Å². The zero-order valence-electron chi connectivity index (χ0n) is 11.1. The standard InChI is InChI=1S/C16H20ClNO/c17-13-10-14-7-8-15(11-13)18(14)16(19)9-6-12-4-2-1-3-5-12/h1-5,13-15H,6-11H2. The lowest BCUT2D eigenvalue weighted by molar-refractivity contribution is -0.135. The van der Waals surface area contributed by atoms with E-state index in [0.717, 1.165) is 32.1 Å². The molecule has 3 rings (SSSR count). The number of alkyl halides is 1. The fraction of sp³-hybridized carbons (Fsp3) is 0.562. The highest BCUT2D eigenvalue weighted by atomic mass is 35.5.